The number of aromatic nitrogens is 2. The van der Waals surface area contributed by atoms with E-state index in [1.807, 2.05) is 0 Å². The predicted octanol–water partition coefficient (Wildman–Crippen LogP) is -3.15. The maximum Gasteiger partial charge on any atom is 0.470 e. The van der Waals surface area contributed by atoms with Crippen LogP contribution in [0.3, 0.4) is 0 Å². The standard InChI is InChI=1S/C3H3ClN2O4S/c7-4(8,9)10-3-5-1-2-6(3)11/h1-2,11H. The van der Waals surface area contributed by atoms with E-state index >= 15 is 0 Å². The summed E-state index contributed by atoms with van der Waals surface area (Å²) >= 11 is 3.68. The van der Waals surface area contributed by atoms with Gasteiger partial charge in [0.25, 0.3) is 0 Å². The molecule has 0 spiro atoms. The van der Waals surface area contributed by atoms with Crippen LogP contribution in [0.5, 0.6) is 6.01 Å². The summed E-state index contributed by atoms with van der Waals surface area (Å²) < 4.78 is 34.7. The zero-order valence-corrected chi connectivity index (χ0v) is 6.66. The van der Waals surface area contributed by atoms with Crippen molar-refractivity contribution in [3.63, 3.8) is 0 Å². The first-order valence-corrected chi connectivity index (χ1v) is 3.95. The van der Waals surface area contributed by atoms with Crippen LogP contribution in [0.2, 0.25) is 0 Å². The van der Waals surface area contributed by atoms with Crippen LogP contribution >= 0.6 is 12.8 Å². The van der Waals surface area contributed by atoms with E-state index in [1.54, 1.807) is 0 Å². The van der Waals surface area contributed by atoms with Crippen LogP contribution in [-0.4, -0.2) is 8.96 Å². The van der Waals surface area contributed by atoms with E-state index in [4.69, 9.17) is 0 Å². The first-order valence-electron chi connectivity index (χ1n) is 2.32. The van der Waals surface area contributed by atoms with E-state index in [2.05, 4.69) is 22.1 Å². The van der Waals surface area contributed by atoms with Crippen LogP contribution in [-0.2, 0) is 0 Å². The second kappa shape index (κ2) is 2.88. The molecule has 0 aromatic carbocycles. The Bertz CT molecular complexity index is 246. The average molecular weight is 199 g/mol. The predicted molar refractivity (Wildman–Crippen MR) is 27.2 cm³/mol. The Labute approximate surface area is 69.3 Å². The van der Waals surface area contributed by atoms with Crippen molar-refractivity contribution in [1.82, 2.24) is 8.96 Å². The number of halogens is 1. The molecule has 0 unspecified atom stereocenters. The summed E-state index contributed by atoms with van der Waals surface area (Å²) in [4.78, 5) is 3.38. The molecule has 11 heavy (non-hydrogen) atoms. The highest BCUT2D eigenvalue weighted by Crippen LogP contribution is 2.10. The van der Waals surface area contributed by atoms with E-state index in [0.717, 1.165) is 3.97 Å². The molecule has 0 aliphatic carbocycles. The quantitative estimate of drug-likeness (QED) is 0.507. The molecule has 0 bridgehead atoms. The number of hydrogen-bond acceptors (Lipinski definition) is 6. The second-order valence-corrected chi connectivity index (χ2v) is 2.85. The monoisotopic (exact) mass is 198 g/mol. The lowest BCUT2D eigenvalue weighted by molar-refractivity contribution is -1.91. The van der Waals surface area contributed by atoms with Gasteiger partial charge in [0.2, 0.25) is 0 Å². The zero-order chi connectivity index (χ0) is 8.48. The molecule has 0 saturated carbocycles. The first-order chi connectivity index (χ1) is 4.99. The van der Waals surface area contributed by atoms with Gasteiger partial charge in [-0.3, -0.25) is 0 Å². The molecule has 0 radical (unpaired) electrons. The van der Waals surface area contributed by atoms with Crippen molar-refractivity contribution >= 4 is 12.8 Å². The summed E-state index contributed by atoms with van der Waals surface area (Å²) in [7, 11) is -4.49. The Morgan fingerprint density at radius 2 is 2.18 bits per heavy atom. The van der Waals surface area contributed by atoms with Gasteiger partial charge >= 0.3 is 6.01 Å². The molecular weight excluding hydrogens is 196 g/mol. The molecular formula is C3H3ClN2O4S. The molecule has 0 aliphatic heterocycles. The van der Waals surface area contributed by atoms with Crippen LogP contribution < -0.4 is 18.3 Å². The Morgan fingerprint density at radius 1 is 1.55 bits per heavy atom. The van der Waals surface area contributed by atoms with Gasteiger partial charge in [0, 0.05) is 6.20 Å². The number of rotatable bonds is 2. The molecule has 0 fully saturated rings. The number of nitrogens with zero attached hydrogens (tertiary/aromatic N) is 2. The van der Waals surface area contributed by atoms with Gasteiger partial charge in [-0.1, -0.05) is 12.8 Å². The van der Waals surface area contributed by atoms with E-state index in [0.29, 0.717) is 0 Å². The lowest BCUT2D eigenvalue weighted by Gasteiger charge is -2.10. The summed E-state index contributed by atoms with van der Waals surface area (Å²) in [5.41, 5.74) is 0. The molecule has 1 heterocycles. The van der Waals surface area contributed by atoms with Crippen molar-refractivity contribution in [3.05, 3.63) is 12.4 Å². The van der Waals surface area contributed by atoms with E-state index in [1.165, 1.54) is 12.4 Å². The summed E-state index contributed by atoms with van der Waals surface area (Å²) in [6, 6.07) is -0.384. The Balaban J connectivity index is 2.72. The SMILES string of the molecule is [O-][Cl+3]([O-])([O-])Oc1nccn1S. The molecule has 1 aromatic heterocycles. The molecule has 62 valence electrons. The minimum absolute atomic E-state index is 0.384. The number of imidazole rings is 1. The fraction of sp³-hybridized carbons (Fsp3) is 0. The van der Waals surface area contributed by atoms with Crippen LogP contribution in [0, 0.1) is 10.2 Å². The highest BCUT2D eigenvalue weighted by molar-refractivity contribution is 7.78. The highest BCUT2D eigenvalue weighted by atomic mass is 35.7. The molecule has 1 aromatic rings. The Morgan fingerprint density at radius 3 is 2.55 bits per heavy atom. The van der Waals surface area contributed by atoms with Gasteiger partial charge in [-0.15, -0.1) is 0 Å². The van der Waals surface area contributed by atoms with Crippen LogP contribution in [0.4, 0.5) is 0 Å². The third kappa shape index (κ3) is 2.56. The molecule has 0 atom stereocenters. The van der Waals surface area contributed by atoms with Gasteiger partial charge < -0.3 is 0 Å². The van der Waals surface area contributed by atoms with Gasteiger partial charge in [0.1, 0.15) is 10.2 Å². The summed E-state index contributed by atoms with van der Waals surface area (Å²) in [5.74, 6) is 0. The van der Waals surface area contributed by atoms with Gasteiger partial charge in [0.15, 0.2) is 0 Å². The normalized spacial score (nSPS) is 11.6. The van der Waals surface area contributed by atoms with Crippen LogP contribution in [0.15, 0.2) is 12.4 Å². The molecule has 0 saturated heterocycles. The molecule has 0 amide bonds. The third-order valence-electron chi connectivity index (χ3n) is 0.752. The smallest absolute Gasteiger partial charge is 0.233 e. The van der Waals surface area contributed by atoms with Gasteiger partial charge in [-0.2, -0.15) is 19.0 Å². The van der Waals surface area contributed by atoms with Crippen molar-refractivity contribution in [3.8, 4) is 6.01 Å². The average Bonchev–Trinajstić information content (AvgIpc) is 2.12. The Kier molecular flexibility index (Phi) is 2.25. The van der Waals surface area contributed by atoms with E-state index < -0.39 is 10.2 Å². The number of hydrogen-bond donors (Lipinski definition) is 1. The third-order valence-corrected chi connectivity index (χ3v) is 1.38. The molecule has 8 heteroatoms. The molecule has 0 aliphatic rings. The minimum atomic E-state index is -4.49. The Hall–Kier alpha value is -0.470. The molecule has 6 nitrogen and oxygen atoms in total. The topological polar surface area (TPSA) is 96.2 Å². The van der Waals surface area contributed by atoms with Gasteiger partial charge in [0.05, 0.1) is 6.20 Å². The fourth-order valence-electron chi connectivity index (χ4n) is 0.423. The van der Waals surface area contributed by atoms with Gasteiger partial charge in [-0.25, -0.2) is 3.97 Å². The van der Waals surface area contributed by atoms with Gasteiger partial charge in [-0.05, 0) is 4.29 Å². The highest BCUT2D eigenvalue weighted by Gasteiger charge is 2.23. The maximum atomic E-state index is 9.96. The van der Waals surface area contributed by atoms with Crippen molar-refractivity contribution in [1.29, 1.82) is 0 Å². The maximum absolute atomic E-state index is 9.96. The van der Waals surface area contributed by atoms with Crippen molar-refractivity contribution in [2.24, 2.45) is 0 Å². The summed E-state index contributed by atoms with van der Waals surface area (Å²) in [6.07, 6.45) is 2.56. The fourth-order valence-corrected chi connectivity index (χ4v) is 0.906. The molecule has 1 rings (SSSR count). The lowest BCUT2D eigenvalue weighted by Crippen LogP contribution is -2.63. The molecule has 0 N–H and O–H groups in total. The largest absolute Gasteiger partial charge is 0.470 e. The van der Waals surface area contributed by atoms with Crippen LogP contribution in [0.1, 0.15) is 0 Å². The zero-order valence-electron chi connectivity index (χ0n) is 5.01. The minimum Gasteiger partial charge on any atom is -0.233 e. The van der Waals surface area contributed by atoms with Crippen LogP contribution in [0.25, 0.3) is 0 Å². The summed E-state index contributed by atoms with van der Waals surface area (Å²) in [6.45, 7) is 0. The van der Waals surface area contributed by atoms with E-state index in [9.17, 15) is 14.0 Å². The second-order valence-electron chi connectivity index (χ2n) is 1.51. The number of thiol groups is 1. The summed E-state index contributed by atoms with van der Waals surface area (Å²) in [5, 5.41) is 0. The van der Waals surface area contributed by atoms with Crippen molar-refractivity contribution < 1.29 is 28.5 Å². The van der Waals surface area contributed by atoms with Crippen molar-refractivity contribution in [2.75, 3.05) is 0 Å². The first kappa shape index (κ1) is 8.62. The van der Waals surface area contributed by atoms with E-state index in [-0.39, 0.29) is 6.01 Å². The van der Waals surface area contributed by atoms with Crippen molar-refractivity contribution in [2.45, 2.75) is 0 Å². The lowest BCUT2D eigenvalue weighted by atomic mass is 11.0.